The van der Waals surface area contributed by atoms with Crippen LogP contribution in [0, 0.1) is 5.82 Å². The number of halogens is 2. The lowest BCUT2D eigenvalue weighted by Gasteiger charge is -2.30. The fourth-order valence-electron chi connectivity index (χ4n) is 2.92. The summed E-state index contributed by atoms with van der Waals surface area (Å²) >= 11 is 3.44. The van der Waals surface area contributed by atoms with Crippen molar-refractivity contribution in [3.05, 3.63) is 63.9 Å². The highest BCUT2D eigenvalue weighted by molar-refractivity contribution is 9.10. The molecule has 1 heterocycles. The van der Waals surface area contributed by atoms with E-state index in [-0.39, 0.29) is 30.6 Å². The molecule has 4 nitrogen and oxygen atoms in total. The Morgan fingerprint density at radius 1 is 1.29 bits per heavy atom. The minimum Gasteiger partial charge on any atom is -0.324 e. The number of nitrogens with zero attached hydrogens (tertiary/aromatic N) is 1. The maximum atomic E-state index is 13.3. The zero-order chi connectivity index (χ0) is 17.3. The summed E-state index contributed by atoms with van der Waals surface area (Å²) in [6.45, 7) is 1.72. The number of fused-ring (bicyclic) bond motifs is 1. The molecule has 2 amide bonds. The van der Waals surface area contributed by atoms with Crippen LogP contribution in [-0.2, 0) is 9.59 Å². The average Bonchev–Trinajstić information content (AvgIpc) is 2.71. The summed E-state index contributed by atoms with van der Waals surface area (Å²) in [4.78, 5) is 26.2. The van der Waals surface area contributed by atoms with Crippen molar-refractivity contribution in [2.24, 2.45) is 0 Å². The highest BCUT2D eigenvalue weighted by Gasteiger charge is 2.32. The Morgan fingerprint density at radius 2 is 2.00 bits per heavy atom. The van der Waals surface area contributed by atoms with E-state index in [2.05, 4.69) is 21.2 Å². The molecule has 3 rings (SSSR count). The number of carbonyl (C=O) groups excluding carboxylic acids is 2. The molecule has 2 aromatic rings. The zero-order valence-corrected chi connectivity index (χ0v) is 14.6. The van der Waals surface area contributed by atoms with Gasteiger partial charge < -0.3 is 10.2 Å². The quantitative estimate of drug-likeness (QED) is 0.845. The van der Waals surface area contributed by atoms with Crippen LogP contribution >= 0.6 is 15.9 Å². The van der Waals surface area contributed by atoms with Crippen molar-refractivity contribution in [2.75, 3.05) is 11.9 Å². The predicted molar refractivity (Wildman–Crippen MR) is 93.0 cm³/mol. The minimum atomic E-state index is -0.454. The topological polar surface area (TPSA) is 49.4 Å². The van der Waals surface area contributed by atoms with Crippen molar-refractivity contribution < 1.29 is 14.0 Å². The molecule has 1 atom stereocenters. The molecule has 0 aromatic heterocycles. The van der Waals surface area contributed by atoms with Gasteiger partial charge in [0.2, 0.25) is 11.8 Å². The summed E-state index contributed by atoms with van der Waals surface area (Å²) in [7, 11) is 0. The van der Waals surface area contributed by atoms with Gasteiger partial charge in [-0.3, -0.25) is 9.59 Å². The molecule has 0 radical (unpaired) electrons. The summed E-state index contributed by atoms with van der Waals surface area (Å²) in [6.07, 6.45) is 0.286. The summed E-state index contributed by atoms with van der Waals surface area (Å²) in [5.41, 5.74) is 2.21. The number of amides is 2. The Morgan fingerprint density at radius 3 is 2.67 bits per heavy atom. The zero-order valence-electron chi connectivity index (χ0n) is 13.1. The second kappa shape index (κ2) is 6.73. The van der Waals surface area contributed by atoms with E-state index in [0.717, 1.165) is 15.6 Å². The Labute approximate surface area is 147 Å². The first kappa shape index (κ1) is 16.6. The molecule has 0 saturated carbocycles. The number of nitrogens with one attached hydrogen (secondary N) is 1. The van der Waals surface area contributed by atoms with Crippen LogP contribution in [-0.4, -0.2) is 23.3 Å². The highest BCUT2D eigenvalue weighted by Crippen LogP contribution is 2.37. The fourth-order valence-corrected chi connectivity index (χ4v) is 3.30. The molecule has 0 fully saturated rings. The van der Waals surface area contributed by atoms with E-state index >= 15 is 0 Å². The molecule has 0 spiro atoms. The lowest BCUT2D eigenvalue weighted by molar-refractivity contribution is -0.135. The molecule has 1 unspecified atom stereocenters. The molecule has 1 N–H and O–H groups in total. The standard InChI is InChI=1S/C18H16BrFN2O2/c1-2-17(24)22-10-16(23)21-15-8-5-12(19)9-14(15)18(22)11-3-6-13(20)7-4-11/h3-9,18H,2,10H2,1H3,(H,21,23). The van der Waals surface area contributed by atoms with Crippen molar-refractivity contribution in [3.63, 3.8) is 0 Å². The first-order valence-electron chi connectivity index (χ1n) is 7.64. The second-order valence-electron chi connectivity index (χ2n) is 5.61. The van der Waals surface area contributed by atoms with Gasteiger partial charge in [-0.05, 0) is 35.9 Å². The largest absolute Gasteiger partial charge is 0.324 e. The average molecular weight is 391 g/mol. The van der Waals surface area contributed by atoms with Gasteiger partial charge in [-0.1, -0.05) is 35.0 Å². The van der Waals surface area contributed by atoms with Crippen molar-refractivity contribution in [1.82, 2.24) is 4.90 Å². The Bertz CT molecular complexity index is 792. The number of hydrogen-bond acceptors (Lipinski definition) is 2. The smallest absolute Gasteiger partial charge is 0.244 e. The van der Waals surface area contributed by atoms with E-state index in [0.29, 0.717) is 5.69 Å². The summed E-state index contributed by atoms with van der Waals surface area (Å²) in [5.74, 6) is -0.721. The minimum absolute atomic E-state index is 0.0407. The number of rotatable bonds is 2. The molecule has 1 aliphatic heterocycles. The predicted octanol–water partition coefficient (Wildman–Crippen LogP) is 3.87. The van der Waals surface area contributed by atoms with Gasteiger partial charge in [0.15, 0.2) is 0 Å². The van der Waals surface area contributed by atoms with E-state index < -0.39 is 6.04 Å². The molecule has 0 bridgehead atoms. The van der Waals surface area contributed by atoms with Crippen molar-refractivity contribution >= 4 is 33.4 Å². The van der Waals surface area contributed by atoms with E-state index in [1.807, 2.05) is 12.1 Å². The fraction of sp³-hybridized carbons (Fsp3) is 0.222. The van der Waals surface area contributed by atoms with Gasteiger partial charge in [0.25, 0.3) is 0 Å². The van der Waals surface area contributed by atoms with Gasteiger partial charge in [0, 0.05) is 22.1 Å². The molecule has 2 aromatic carbocycles. The van der Waals surface area contributed by atoms with Crippen LogP contribution in [0.1, 0.15) is 30.5 Å². The molecule has 0 saturated heterocycles. The summed E-state index contributed by atoms with van der Waals surface area (Å²) in [5, 5.41) is 2.84. The van der Waals surface area contributed by atoms with E-state index in [1.165, 1.54) is 12.1 Å². The van der Waals surface area contributed by atoms with Crippen LogP contribution in [0.3, 0.4) is 0 Å². The van der Waals surface area contributed by atoms with E-state index in [1.54, 1.807) is 30.0 Å². The van der Waals surface area contributed by atoms with Gasteiger partial charge >= 0.3 is 0 Å². The van der Waals surface area contributed by atoms with Gasteiger partial charge in [0.05, 0.1) is 6.04 Å². The highest BCUT2D eigenvalue weighted by atomic mass is 79.9. The van der Waals surface area contributed by atoms with Crippen molar-refractivity contribution in [2.45, 2.75) is 19.4 Å². The van der Waals surface area contributed by atoms with E-state index in [4.69, 9.17) is 0 Å². The lowest BCUT2D eigenvalue weighted by atomic mass is 9.95. The summed E-state index contributed by atoms with van der Waals surface area (Å²) < 4.78 is 14.2. The van der Waals surface area contributed by atoms with E-state index in [9.17, 15) is 14.0 Å². The van der Waals surface area contributed by atoms with Crippen LogP contribution in [0.25, 0.3) is 0 Å². The maximum absolute atomic E-state index is 13.3. The summed E-state index contributed by atoms with van der Waals surface area (Å²) in [6, 6.07) is 11.1. The number of hydrogen-bond donors (Lipinski definition) is 1. The van der Waals surface area contributed by atoms with Crippen LogP contribution in [0.2, 0.25) is 0 Å². The third-order valence-corrected chi connectivity index (χ3v) is 4.51. The first-order valence-corrected chi connectivity index (χ1v) is 8.43. The van der Waals surface area contributed by atoms with Crippen LogP contribution < -0.4 is 5.32 Å². The number of anilines is 1. The van der Waals surface area contributed by atoms with Crippen LogP contribution in [0.5, 0.6) is 0 Å². The second-order valence-corrected chi connectivity index (χ2v) is 6.52. The molecular weight excluding hydrogens is 375 g/mol. The lowest BCUT2D eigenvalue weighted by Crippen LogP contribution is -2.38. The Kier molecular flexibility index (Phi) is 4.66. The SMILES string of the molecule is CCC(=O)N1CC(=O)Nc2ccc(Br)cc2C1c1ccc(F)cc1. The Hall–Kier alpha value is -2.21. The van der Waals surface area contributed by atoms with Gasteiger partial charge in [0.1, 0.15) is 12.4 Å². The Balaban J connectivity index is 2.20. The monoisotopic (exact) mass is 390 g/mol. The molecular formula is C18H16BrFN2O2. The molecule has 0 aliphatic carbocycles. The molecule has 1 aliphatic rings. The molecule has 24 heavy (non-hydrogen) atoms. The number of carbonyl (C=O) groups is 2. The van der Waals surface area contributed by atoms with Gasteiger partial charge in [-0.15, -0.1) is 0 Å². The van der Waals surface area contributed by atoms with Crippen LogP contribution in [0.4, 0.5) is 10.1 Å². The van der Waals surface area contributed by atoms with Crippen molar-refractivity contribution in [3.8, 4) is 0 Å². The molecule has 6 heteroatoms. The van der Waals surface area contributed by atoms with Gasteiger partial charge in [-0.25, -0.2) is 4.39 Å². The van der Waals surface area contributed by atoms with Crippen LogP contribution in [0.15, 0.2) is 46.9 Å². The third kappa shape index (κ3) is 3.19. The van der Waals surface area contributed by atoms with Gasteiger partial charge in [-0.2, -0.15) is 0 Å². The maximum Gasteiger partial charge on any atom is 0.244 e. The molecule has 124 valence electrons. The third-order valence-electron chi connectivity index (χ3n) is 4.02. The normalized spacial score (nSPS) is 17.0. The number of benzene rings is 2. The van der Waals surface area contributed by atoms with Crippen molar-refractivity contribution in [1.29, 1.82) is 0 Å². The first-order chi connectivity index (χ1) is 11.5.